The van der Waals surface area contributed by atoms with Crippen LogP contribution in [0.25, 0.3) is 0 Å². The van der Waals surface area contributed by atoms with Crippen LogP contribution in [0.2, 0.25) is 0 Å². The van der Waals surface area contributed by atoms with E-state index in [0.29, 0.717) is 0 Å². The van der Waals surface area contributed by atoms with Crippen LogP contribution in [0.1, 0.15) is 13.3 Å². The molecule has 0 aromatic rings. The van der Waals surface area contributed by atoms with E-state index in [1.165, 1.54) is 6.92 Å². The number of carbonyl (C=O) groups excluding carboxylic acids is 1. The van der Waals surface area contributed by atoms with Gasteiger partial charge in [-0.1, -0.05) is 0 Å². The Balaban J connectivity index is 2.48. The lowest BCUT2D eigenvalue weighted by atomic mass is 10.3. The van der Waals surface area contributed by atoms with Gasteiger partial charge in [0, 0.05) is 0 Å². The van der Waals surface area contributed by atoms with Crippen LogP contribution < -0.4 is 0 Å². The van der Waals surface area contributed by atoms with Gasteiger partial charge in [0.15, 0.2) is 0 Å². The zero-order valence-corrected chi connectivity index (χ0v) is 7.46. The van der Waals surface area contributed by atoms with Crippen LogP contribution in [0.5, 0.6) is 0 Å². The molecule has 1 heterocycles. The van der Waals surface area contributed by atoms with Crippen molar-refractivity contribution in [3.63, 3.8) is 0 Å². The minimum absolute atomic E-state index is 0.0270. The van der Waals surface area contributed by atoms with Crippen LogP contribution in [0.15, 0.2) is 0 Å². The van der Waals surface area contributed by atoms with Gasteiger partial charge in [-0.05, 0) is 6.92 Å². The fourth-order valence-corrected chi connectivity index (χ4v) is 1.50. The fourth-order valence-electron chi connectivity index (χ4n) is 0.827. The molecule has 0 saturated carbocycles. The minimum atomic E-state index is -3.46. The monoisotopic (exact) mass is 194 g/mol. The summed E-state index contributed by atoms with van der Waals surface area (Å²) in [5.74, 6) is -0.496. The summed E-state index contributed by atoms with van der Waals surface area (Å²) in [6.07, 6.45) is -0.596. The molecule has 1 aliphatic rings. The van der Waals surface area contributed by atoms with Gasteiger partial charge >= 0.3 is 5.97 Å². The topological polar surface area (TPSA) is 69.7 Å². The summed E-state index contributed by atoms with van der Waals surface area (Å²) in [4.78, 5) is 10.5. The zero-order chi connectivity index (χ0) is 9.19. The first-order valence-electron chi connectivity index (χ1n) is 3.60. The highest BCUT2D eigenvalue weighted by Crippen LogP contribution is 2.12. The molecular weight excluding hydrogens is 184 g/mol. The molecule has 1 fully saturated rings. The highest BCUT2D eigenvalue weighted by atomic mass is 32.2. The van der Waals surface area contributed by atoms with E-state index in [0.717, 1.165) is 0 Å². The van der Waals surface area contributed by atoms with Gasteiger partial charge in [0.05, 0.1) is 12.2 Å². The van der Waals surface area contributed by atoms with Gasteiger partial charge in [-0.25, -0.2) is 0 Å². The quantitative estimate of drug-likeness (QED) is 0.454. The molecule has 5 nitrogen and oxygen atoms in total. The summed E-state index contributed by atoms with van der Waals surface area (Å²) >= 11 is 0. The second-order valence-electron chi connectivity index (χ2n) is 2.45. The summed E-state index contributed by atoms with van der Waals surface area (Å²) in [6.45, 7) is 1.52. The molecule has 0 amide bonds. The standard InChI is InChI=1S/C6H10O5S/c1-2-12(8,9)11-5-3-6(7)10-4-5/h5H,2-4H2,1H3. The zero-order valence-electron chi connectivity index (χ0n) is 6.65. The molecule has 1 saturated heterocycles. The van der Waals surface area contributed by atoms with E-state index in [4.69, 9.17) is 0 Å². The van der Waals surface area contributed by atoms with Crippen molar-refractivity contribution in [1.82, 2.24) is 0 Å². The maximum absolute atomic E-state index is 10.9. The van der Waals surface area contributed by atoms with Gasteiger partial charge in [-0.15, -0.1) is 0 Å². The van der Waals surface area contributed by atoms with Crippen molar-refractivity contribution in [3.8, 4) is 0 Å². The van der Waals surface area contributed by atoms with E-state index in [1.54, 1.807) is 0 Å². The van der Waals surface area contributed by atoms with Crippen molar-refractivity contribution in [2.45, 2.75) is 19.4 Å². The summed E-state index contributed by atoms with van der Waals surface area (Å²) in [7, 11) is -3.46. The number of hydrogen-bond donors (Lipinski definition) is 0. The van der Waals surface area contributed by atoms with Gasteiger partial charge in [0.25, 0.3) is 10.1 Å². The summed E-state index contributed by atoms with van der Waals surface area (Å²) in [6, 6.07) is 0. The Hall–Kier alpha value is -0.620. The molecule has 0 aliphatic carbocycles. The number of carbonyl (C=O) groups is 1. The first kappa shape index (κ1) is 9.47. The predicted octanol–water partition coefficient (Wildman–Crippen LogP) is -0.332. The second-order valence-corrected chi connectivity index (χ2v) is 4.34. The molecule has 0 spiro atoms. The van der Waals surface area contributed by atoms with Gasteiger partial charge in [-0.2, -0.15) is 8.42 Å². The van der Waals surface area contributed by atoms with E-state index in [2.05, 4.69) is 8.92 Å². The van der Waals surface area contributed by atoms with E-state index in [-0.39, 0.29) is 18.8 Å². The third kappa shape index (κ3) is 2.46. The van der Waals surface area contributed by atoms with Crippen molar-refractivity contribution < 1.29 is 22.1 Å². The molecule has 1 rings (SSSR count). The van der Waals surface area contributed by atoms with E-state index in [1.807, 2.05) is 0 Å². The van der Waals surface area contributed by atoms with Gasteiger partial charge in [0.2, 0.25) is 0 Å². The largest absolute Gasteiger partial charge is 0.463 e. The maximum Gasteiger partial charge on any atom is 0.308 e. The molecule has 6 heteroatoms. The average Bonchev–Trinajstić information content (AvgIpc) is 2.35. The number of cyclic esters (lactones) is 1. The van der Waals surface area contributed by atoms with Gasteiger partial charge in [-0.3, -0.25) is 8.98 Å². The normalized spacial score (nSPS) is 24.1. The lowest BCUT2D eigenvalue weighted by Crippen LogP contribution is -2.19. The Morgan fingerprint density at radius 2 is 2.33 bits per heavy atom. The Labute approximate surface area is 70.8 Å². The third-order valence-corrected chi connectivity index (χ3v) is 2.73. The van der Waals surface area contributed by atoms with Crippen LogP contribution >= 0.6 is 0 Å². The molecule has 1 unspecified atom stereocenters. The van der Waals surface area contributed by atoms with Crippen LogP contribution in [0.4, 0.5) is 0 Å². The van der Waals surface area contributed by atoms with Crippen LogP contribution in [0, 0.1) is 0 Å². The lowest BCUT2D eigenvalue weighted by molar-refractivity contribution is -0.137. The molecule has 12 heavy (non-hydrogen) atoms. The fraction of sp³-hybridized carbons (Fsp3) is 0.833. The van der Waals surface area contributed by atoms with Crippen molar-refractivity contribution in [3.05, 3.63) is 0 Å². The lowest BCUT2D eigenvalue weighted by Gasteiger charge is -2.06. The van der Waals surface area contributed by atoms with Crippen molar-refractivity contribution in [2.75, 3.05) is 12.4 Å². The van der Waals surface area contributed by atoms with Gasteiger partial charge in [0.1, 0.15) is 12.7 Å². The average molecular weight is 194 g/mol. The predicted molar refractivity (Wildman–Crippen MR) is 39.9 cm³/mol. The Kier molecular flexibility index (Phi) is 2.69. The maximum atomic E-state index is 10.9. The molecule has 1 aliphatic heterocycles. The Bertz CT molecular complexity index is 268. The minimum Gasteiger partial charge on any atom is -0.463 e. The molecule has 1 atom stereocenters. The molecule has 0 aromatic heterocycles. The van der Waals surface area contributed by atoms with E-state index in [9.17, 15) is 13.2 Å². The number of ether oxygens (including phenoxy) is 1. The molecule has 0 N–H and O–H groups in total. The SMILES string of the molecule is CCS(=O)(=O)OC1COC(=O)C1. The number of esters is 1. The van der Waals surface area contributed by atoms with E-state index >= 15 is 0 Å². The van der Waals surface area contributed by atoms with Crippen molar-refractivity contribution in [1.29, 1.82) is 0 Å². The second kappa shape index (κ2) is 3.40. The van der Waals surface area contributed by atoms with Crippen molar-refractivity contribution >= 4 is 16.1 Å². The molecule has 0 radical (unpaired) electrons. The first-order valence-corrected chi connectivity index (χ1v) is 5.18. The summed E-state index contributed by atoms with van der Waals surface area (Å²) < 4.78 is 30.9. The molecule has 0 aromatic carbocycles. The first-order chi connectivity index (χ1) is 5.53. The Morgan fingerprint density at radius 1 is 1.67 bits per heavy atom. The molecule has 0 bridgehead atoms. The summed E-state index contributed by atoms with van der Waals surface area (Å²) in [5, 5.41) is 0. The smallest absolute Gasteiger partial charge is 0.308 e. The van der Waals surface area contributed by atoms with Crippen LogP contribution in [-0.4, -0.2) is 32.9 Å². The van der Waals surface area contributed by atoms with Gasteiger partial charge < -0.3 is 4.74 Å². The molecule has 70 valence electrons. The van der Waals surface area contributed by atoms with Crippen LogP contribution in [0.3, 0.4) is 0 Å². The van der Waals surface area contributed by atoms with E-state index < -0.39 is 22.2 Å². The Morgan fingerprint density at radius 3 is 2.75 bits per heavy atom. The van der Waals surface area contributed by atoms with Crippen molar-refractivity contribution in [2.24, 2.45) is 0 Å². The van der Waals surface area contributed by atoms with Crippen LogP contribution in [-0.2, 0) is 23.8 Å². The number of rotatable bonds is 3. The highest BCUT2D eigenvalue weighted by Gasteiger charge is 2.28. The highest BCUT2D eigenvalue weighted by molar-refractivity contribution is 7.86. The number of hydrogen-bond acceptors (Lipinski definition) is 5. The third-order valence-electron chi connectivity index (χ3n) is 1.46. The molecular formula is C6H10O5S. The summed E-state index contributed by atoms with van der Waals surface area (Å²) in [5.41, 5.74) is 0.